The maximum atomic E-state index is 14.5. The van der Waals surface area contributed by atoms with Crippen molar-refractivity contribution in [3.63, 3.8) is 0 Å². The molecule has 1 fully saturated rings. The third kappa shape index (κ3) is 5.78. The number of hydrogen-bond acceptors (Lipinski definition) is 4. The van der Waals surface area contributed by atoms with Gasteiger partial charge in [-0.1, -0.05) is 23.2 Å². The van der Waals surface area contributed by atoms with E-state index < -0.39 is 27.8 Å². The van der Waals surface area contributed by atoms with Gasteiger partial charge in [-0.3, -0.25) is 0 Å². The number of halogens is 6. The molecule has 1 saturated heterocycles. The topological polar surface area (TPSA) is 40.6 Å². The SMILES string of the molecule is Cc1cc(F)c(N2CCN(S(=O)(=O)c3ccc(Cl)c(Cl)c3)CC2)cc1SCC(F)(F)F. The summed E-state index contributed by atoms with van der Waals surface area (Å²) in [7, 11) is -3.82. The summed E-state index contributed by atoms with van der Waals surface area (Å²) in [6.07, 6.45) is -4.34. The number of thioether (sulfide) groups is 1. The van der Waals surface area contributed by atoms with Crippen LogP contribution in [-0.2, 0) is 10.0 Å². The summed E-state index contributed by atoms with van der Waals surface area (Å²) in [6.45, 7) is 2.09. The minimum absolute atomic E-state index is 0.00250. The Balaban J connectivity index is 1.75. The number of piperazine rings is 1. The normalized spacial score (nSPS) is 16.0. The lowest BCUT2D eigenvalue weighted by Gasteiger charge is -2.35. The molecule has 1 heterocycles. The molecule has 4 nitrogen and oxygen atoms in total. The second-order valence-electron chi connectivity index (χ2n) is 6.94. The molecule has 2 aromatic rings. The van der Waals surface area contributed by atoms with Crippen molar-refractivity contribution >= 4 is 50.7 Å². The van der Waals surface area contributed by atoms with Gasteiger partial charge in [0.1, 0.15) is 5.82 Å². The largest absolute Gasteiger partial charge is 0.398 e. The van der Waals surface area contributed by atoms with Gasteiger partial charge in [0.05, 0.1) is 26.4 Å². The highest BCUT2D eigenvalue weighted by molar-refractivity contribution is 7.99. The summed E-state index contributed by atoms with van der Waals surface area (Å²) >= 11 is 12.4. The number of alkyl halides is 3. The maximum absolute atomic E-state index is 14.5. The standard InChI is InChI=1S/C19H18Cl2F4N2O2S2/c1-12-8-16(22)17(10-18(12)30-11-19(23,24)25)26-4-6-27(7-5-26)31(28,29)13-2-3-14(20)15(21)9-13/h2-3,8-10H,4-7,11H2,1H3. The number of rotatable bonds is 5. The molecule has 170 valence electrons. The van der Waals surface area contributed by atoms with Crippen LogP contribution in [-0.4, -0.2) is 50.8 Å². The van der Waals surface area contributed by atoms with Crippen LogP contribution in [0.5, 0.6) is 0 Å². The molecule has 0 saturated carbocycles. The first-order chi connectivity index (χ1) is 14.4. The van der Waals surface area contributed by atoms with Crippen molar-refractivity contribution in [2.75, 3.05) is 36.8 Å². The van der Waals surface area contributed by atoms with Crippen LogP contribution in [0.2, 0.25) is 10.0 Å². The lowest BCUT2D eigenvalue weighted by Crippen LogP contribution is -2.48. The lowest BCUT2D eigenvalue weighted by molar-refractivity contribution is -0.105. The second-order valence-corrected chi connectivity index (χ2v) is 10.7. The van der Waals surface area contributed by atoms with Crippen LogP contribution in [0.25, 0.3) is 0 Å². The molecule has 3 rings (SSSR count). The van der Waals surface area contributed by atoms with Crippen LogP contribution >= 0.6 is 35.0 Å². The van der Waals surface area contributed by atoms with Crippen molar-refractivity contribution in [1.82, 2.24) is 4.31 Å². The molecule has 31 heavy (non-hydrogen) atoms. The number of hydrogen-bond donors (Lipinski definition) is 0. The molecule has 1 aliphatic rings. The predicted octanol–water partition coefficient (Wildman–Crippen LogP) is 5.61. The van der Waals surface area contributed by atoms with E-state index in [9.17, 15) is 26.0 Å². The zero-order valence-corrected chi connectivity index (χ0v) is 19.4. The number of nitrogens with zero attached hydrogens (tertiary/aromatic N) is 2. The van der Waals surface area contributed by atoms with Gasteiger partial charge in [-0.25, -0.2) is 12.8 Å². The molecule has 0 unspecified atom stereocenters. The van der Waals surface area contributed by atoms with Gasteiger partial charge < -0.3 is 4.90 Å². The van der Waals surface area contributed by atoms with Crippen molar-refractivity contribution < 1.29 is 26.0 Å². The van der Waals surface area contributed by atoms with Gasteiger partial charge in [0.2, 0.25) is 10.0 Å². The van der Waals surface area contributed by atoms with Gasteiger partial charge in [-0.05, 0) is 42.8 Å². The third-order valence-corrected chi connectivity index (χ3v) is 8.60. The average molecular weight is 517 g/mol. The van der Waals surface area contributed by atoms with Crippen LogP contribution in [0, 0.1) is 12.7 Å². The Morgan fingerprint density at radius 2 is 1.68 bits per heavy atom. The lowest BCUT2D eigenvalue weighted by atomic mass is 10.2. The van der Waals surface area contributed by atoms with E-state index in [1.165, 1.54) is 34.6 Å². The molecule has 0 radical (unpaired) electrons. The van der Waals surface area contributed by atoms with Crippen molar-refractivity contribution in [3.05, 3.63) is 51.8 Å². The van der Waals surface area contributed by atoms with Gasteiger partial charge >= 0.3 is 6.18 Å². The summed E-state index contributed by atoms with van der Waals surface area (Å²) in [5.74, 6) is -1.64. The molecular weight excluding hydrogens is 499 g/mol. The fourth-order valence-corrected chi connectivity index (χ4v) is 5.77. The predicted molar refractivity (Wildman–Crippen MR) is 115 cm³/mol. The second kappa shape index (κ2) is 9.35. The molecular formula is C19H18Cl2F4N2O2S2. The molecule has 2 aromatic carbocycles. The molecule has 0 aromatic heterocycles. The molecule has 0 atom stereocenters. The third-order valence-electron chi connectivity index (χ3n) is 4.74. The Hall–Kier alpha value is -1.20. The minimum atomic E-state index is -4.34. The first-order valence-electron chi connectivity index (χ1n) is 9.08. The summed E-state index contributed by atoms with van der Waals surface area (Å²) in [4.78, 5) is 1.97. The molecule has 0 aliphatic carbocycles. The van der Waals surface area contributed by atoms with E-state index >= 15 is 0 Å². The van der Waals surface area contributed by atoms with Gasteiger partial charge in [0.15, 0.2) is 0 Å². The summed E-state index contributed by atoms with van der Waals surface area (Å²) in [5, 5.41) is 0.353. The van der Waals surface area contributed by atoms with Crippen LogP contribution in [0.3, 0.4) is 0 Å². The quantitative estimate of drug-likeness (QED) is 0.382. The van der Waals surface area contributed by atoms with E-state index in [0.29, 0.717) is 22.2 Å². The van der Waals surface area contributed by atoms with Crippen molar-refractivity contribution in [2.45, 2.75) is 22.9 Å². The van der Waals surface area contributed by atoms with Crippen LogP contribution in [0.1, 0.15) is 5.56 Å². The first-order valence-corrected chi connectivity index (χ1v) is 12.3. The summed E-state index contributed by atoms with van der Waals surface area (Å²) in [5.41, 5.74) is 0.568. The summed E-state index contributed by atoms with van der Waals surface area (Å²) in [6, 6.07) is 6.63. The number of sulfonamides is 1. The fraction of sp³-hybridized carbons (Fsp3) is 0.368. The molecule has 0 N–H and O–H groups in total. The van der Waals surface area contributed by atoms with E-state index in [1.807, 2.05) is 0 Å². The molecule has 0 spiro atoms. The van der Waals surface area contributed by atoms with Gasteiger partial charge in [-0.15, -0.1) is 11.8 Å². The molecule has 12 heteroatoms. The average Bonchev–Trinajstić information content (AvgIpc) is 2.69. The van der Waals surface area contributed by atoms with Gasteiger partial charge in [0, 0.05) is 31.1 Å². The maximum Gasteiger partial charge on any atom is 0.398 e. The van der Waals surface area contributed by atoms with Crippen molar-refractivity contribution in [3.8, 4) is 0 Å². The highest BCUT2D eigenvalue weighted by atomic mass is 35.5. The first kappa shape index (κ1) is 24.4. The van der Waals surface area contributed by atoms with E-state index in [2.05, 4.69) is 0 Å². The highest BCUT2D eigenvalue weighted by Gasteiger charge is 2.31. The Kier molecular flexibility index (Phi) is 7.37. The number of aryl methyl sites for hydroxylation is 1. The zero-order valence-electron chi connectivity index (χ0n) is 16.2. The minimum Gasteiger partial charge on any atom is -0.366 e. The van der Waals surface area contributed by atoms with E-state index in [1.54, 1.807) is 11.8 Å². The highest BCUT2D eigenvalue weighted by Crippen LogP contribution is 2.34. The van der Waals surface area contributed by atoms with E-state index in [-0.39, 0.29) is 46.8 Å². The fourth-order valence-electron chi connectivity index (χ4n) is 3.16. The molecule has 1 aliphatic heterocycles. The van der Waals surface area contributed by atoms with Crippen molar-refractivity contribution in [1.29, 1.82) is 0 Å². The molecule has 0 bridgehead atoms. The van der Waals surface area contributed by atoms with E-state index in [0.717, 1.165) is 0 Å². The Labute approximate surface area is 192 Å². The van der Waals surface area contributed by atoms with E-state index in [4.69, 9.17) is 23.2 Å². The van der Waals surface area contributed by atoms with Crippen molar-refractivity contribution in [2.24, 2.45) is 0 Å². The number of anilines is 1. The van der Waals surface area contributed by atoms with Gasteiger partial charge in [0.25, 0.3) is 0 Å². The van der Waals surface area contributed by atoms with Crippen LogP contribution in [0.15, 0.2) is 40.1 Å². The van der Waals surface area contributed by atoms with Crippen LogP contribution < -0.4 is 4.90 Å². The Morgan fingerprint density at radius 1 is 1.03 bits per heavy atom. The van der Waals surface area contributed by atoms with Gasteiger partial charge in [-0.2, -0.15) is 17.5 Å². The smallest absolute Gasteiger partial charge is 0.366 e. The monoisotopic (exact) mass is 516 g/mol. The van der Waals surface area contributed by atoms with Crippen LogP contribution in [0.4, 0.5) is 23.2 Å². The summed E-state index contributed by atoms with van der Waals surface area (Å²) < 4.78 is 79.2. The Bertz CT molecular complexity index is 1070. The Morgan fingerprint density at radius 3 is 2.26 bits per heavy atom. The number of benzene rings is 2. The zero-order chi connectivity index (χ0) is 23.0. The molecule has 0 amide bonds.